The number of hydrogen-bond donors (Lipinski definition) is 1. The lowest BCUT2D eigenvalue weighted by molar-refractivity contribution is 0.0693. The average Bonchev–Trinajstić information content (AvgIpc) is 3.25. The number of nitrogens with zero attached hydrogens (tertiary/aromatic N) is 3. The van der Waals surface area contributed by atoms with E-state index in [4.69, 9.17) is 10.3 Å². The van der Waals surface area contributed by atoms with E-state index in [0.29, 0.717) is 28.4 Å². The van der Waals surface area contributed by atoms with Crippen molar-refractivity contribution in [1.29, 1.82) is 0 Å². The summed E-state index contributed by atoms with van der Waals surface area (Å²) in [7, 11) is 1.47. The maximum atomic E-state index is 12.1. The summed E-state index contributed by atoms with van der Waals surface area (Å²) in [6, 6.07) is 4.94. The molecule has 1 fully saturated rings. The van der Waals surface area contributed by atoms with Crippen molar-refractivity contribution >= 4 is 11.8 Å². The van der Waals surface area contributed by atoms with E-state index < -0.39 is 5.54 Å². The highest BCUT2D eigenvalue weighted by atomic mass is 16.5. The fraction of sp³-hybridized carbons (Fsp3) is 0.375. The molecular formula is C16H16N4O3. The maximum Gasteiger partial charge on any atom is 0.261 e. The molecule has 2 amide bonds. The van der Waals surface area contributed by atoms with Crippen LogP contribution in [0, 0.1) is 0 Å². The van der Waals surface area contributed by atoms with Gasteiger partial charge >= 0.3 is 0 Å². The Labute approximate surface area is 132 Å². The number of nitrogens with two attached hydrogens (primary N) is 1. The summed E-state index contributed by atoms with van der Waals surface area (Å²) < 4.78 is 5.33. The number of amides is 2. The van der Waals surface area contributed by atoms with Crippen LogP contribution in [0.4, 0.5) is 0 Å². The highest BCUT2D eigenvalue weighted by Crippen LogP contribution is 2.36. The number of aromatic nitrogens is 2. The predicted molar refractivity (Wildman–Crippen MR) is 80.5 cm³/mol. The summed E-state index contributed by atoms with van der Waals surface area (Å²) in [4.78, 5) is 29.5. The average molecular weight is 312 g/mol. The summed E-state index contributed by atoms with van der Waals surface area (Å²) in [5, 5.41) is 4.02. The molecule has 2 N–H and O–H groups in total. The Bertz CT molecular complexity index is 820. The largest absolute Gasteiger partial charge is 0.334 e. The third-order valence-electron chi connectivity index (χ3n) is 4.70. The van der Waals surface area contributed by atoms with Crippen LogP contribution < -0.4 is 5.73 Å². The van der Waals surface area contributed by atoms with Crippen LogP contribution in [0.3, 0.4) is 0 Å². The number of imide groups is 1. The monoisotopic (exact) mass is 312 g/mol. The van der Waals surface area contributed by atoms with Crippen molar-refractivity contribution in [2.45, 2.75) is 31.2 Å². The summed E-state index contributed by atoms with van der Waals surface area (Å²) in [6.07, 6.45) is 3.80. The van der Waals surface area contributed by atoms with Crippen molar-refractivity contribution in [3.63, 3.8) is 0 Å². The molecule has 7 heteroatoms. The lowest BCUT2D eigenvalue weighted by Gasteiger charge is -2.17. The van der Waals surface area contributed by atoms with Crippen LogP contribution in [0.2, 0.25) is 0 Å². The molecule has 1 saturated carbocycles. The van der Waals surface area contributed by atoms with Gasteiger partial charge in [0, 0.05) is 12.6 Å². The number of carbonyl (C=O) groups is 2. The van der Waals surface area contributed by atoms with Crippen molar-refractivity contribution in [3.8, 4) is 11.5 Å². The normalized spacial score (nSPS) is 19.5. The van der Waals surface area contributed by atoms with E-state index in [1.165, 1.54) is 7.05 Å². The van der Waals surface area contributed by atoms with Crippen LogP contribution in [0.25, 0.3) is 11.5 Å². The number of carbonyl (C=O) groups excluding carboxylic acids is 2. The van der Waals surface area contributed by atoms with Gasteiger partial charge in [-0.15, -0.1) is 0 Å². The fourth-order valence-corrected chi connectivity index (χ4v) is 3.27. The molecule has 0 spiro atoms. The molecule has 2 aromatic rings. The second kappa shape index (κ2) is 4.73. The zero-order chi connectivity index (χ0) is 16.2. The van der Waals surface area contributed by atoms with Gasteiger partial charge in [0.25, 0.3) is 17.7 Å². The van der Waals surface area contributed by atoms with Crippen molar-refractivity contribution < 1.29 is 14.1 Å². The van der Waals surface area contributed by atoms with Crippen LogP contribution in [-0.4, -0.2) is 33.9 Å². The Morgan fingerprint density at radius 1 is 1.17 bits per heavy atom. The lowest BCUT2D eigenvalue weighted by atomic mass is 9.98. The number of hydrogen-bond acceptors (Lipinski definition) is 6. The van der Waals surface area contributed by atoms with Crippen LogP contribution in [-0.2, 0) is 5.54 Å². The molecule has 1 aromatic heterocycles. The quantitative estimate of drug-likeness (QED) is 0.847. The van der Waals surface area contributed by atoms with Crippen LogP contribution in [0.15, 0.2) is 22.7 Å². The third-order valence-corrected chi connectivity index (χ3v) is 4.70. The highest BCUT2D eigenvalue weighted by molar-refractivity contribution is 6.21. The van der Waals surface area contributed by atoms with Crippen LogP contribution >= 0.6 is 0 Å². The van der Waals surface area contributed by atoms with E-state index in [2.05, 4.69) is 10.1 Å². The van der Waals surface area contributed by atoms with Crippen molar-refractivity contribution in [3.05, 3.63) is 35.2 Å². The number of fused-ring (bicyclic) bond motifs is 1. The molecule has 0 bridgehead atoms. The van der Waals surface area contributed by atoms with Crippen molar-refractivity contribution in [2.75, 3.05) is 7.05 Å². The predicted octanol–water partition coefficient (Wildman–Crippen LogP) is 1.69. The summed E-state index contributed by atoms with van der Waals surface area (Å²) in [6.45, 7) is 0. The molecule has 118 valence electrons. The molecule has 2 aliphatic rings. The molecule has 0 unspecified atom stereocenters. The van der Waals surface area contributed by atoms with Gasteiger partial charge in [-0.05, 0) is 31.0 Å². The first-order valence-corrected chi connectivity index (χ1v) is 7.59. The molecule has 1 aliphatic carbocycles. The second-order valence-electron chi connectivity index (χ2n) is 6.22. The molecule has 0 radical (unpaired) electrons. The SMILES string of the molecule is CN1C(=O)c2ccc(-c3nc(C4(N)CCCC4)no3)cc2C1=O. The summed E-state index contributed by atoms with van der Waals surface area (Å²) in [5.74, 6) is 0.201. The van der Waals surface area contributed by atoms with Gasteiger partial charge < -0.3 is 10.3 Å². The minimum atomic E-state index is -0.523. The van der Waals surface area contributed by atoms with E-state index >= 15 is 0 Å². The minimum Gasteiger partial charge on any atom is -0.334 e. The van der Waals surface area contributed by atoms with E-state index in [0.717, 1.165) is 30.6 Å². The number of rotatable bonds is 2. The minimum absolute atomic E-state index is 0.297. The van der Waals surface area contributed by atoms with Gasteiger partial charge in [-0.25, -0.2) is 0 Å². The molecule has 0 saturated heterocycles. The highest BCUT2D eigenvalue weighted by Gasteiger charge is 2.37. The molecule has 7 nitrogen and oxygen atoms in total. The topological polar surface area (TPSA) is 102 Å². The number of benzene rings is 1. The van der Waals surface area contributed by atoms with E-state index in [-0.39, 0.29) is 11.8 Å². The van der Waals surface area contributed by atoms with E-state index in [1.54, 1.807) is 18.2 Å². The maximum absolute atomic E-state index is 12.1. The molecule has 4 rings (SSSR count). The van der Waals surface area contributed by atoms with Gasteiger partial charge in [0.15, 0.2) is 5.82 Å². The zero-order valence-corrected chi connectivity index (χ0v) is 12.7. The van der Waals surface area contributed by atoms with Gasteiger partial charge in [0.2, 0.25) is 0 Å². The molecule has 23 heavy (non-hydrogen) atoms. The zero-order valence-electron chi connectivity index (χ0n) is 12.7. The Kier molecular flexibility index (Phi) is 2.89. The standard InChI is InChI=1S/C16H16N4O3/c1-20-13(21)10-5-4-9(8-11(10)14(20)22)12-18-15(19-23-12)16(17)6-2-3-7-16/h4-5,8H,2-3,6-7,17H2,1H3. The van der Waals surface area contributed by atoms with Crippen LogP contribution in [0.5, 0.6) is 0 Å². The Morgan fingerprint density at radius 3 is 2.61 bits per heavy atom. The van der Waals surface area contributed by atoms with Crippen molar-refractivity contribution in [2.24, 2.45) is 5.73 Å². The first-order chi connectivity index (χ1) is 11.0. The molecular weight excluding hydrogens is 296 g/mol. The molecule has 2 heterocycles. The van der Waals surface area contributed by atoms with Gasteiger partial charge in [-0.3, -0.25) is 14.5 Å². The molecule has 1 aliphatic heterocycles. The van der Waals surface area contributed by atoms with Crippen molar-refractivity contribution in [1.82, 2.24) is 15.0 Å². The van der Waals surface area contributed by atoms with Gasteiger partial charge in [0.1, 0.15) is 0 Å². The first kappa shape index (κ1) is 14.1. The molecule has 1 aromatic carbocycles. The third kappa shape index (κ3) is 2.00. The lowest BCUT2D eigenvalue weighted by Crippen LogP contribution is -2.34. The summed E-state index contributed by atoms with van der Waals surface area (Å²) >= 11 is 0. The summed E-state index contributed by atoms with van der Waals surface area (Å²) in [5.41, 5.74) is 7.17. The van der Waals surface area contributed by atoms with E-state index in [9.17, 15) is 9.59 Å². The van der Waals surface area contributed by atoms with Gasteiger partial charge in [-0.1, -0.05) is 18.0 Å². The van der Waals surface area contributed by atoms with Gasteiger partial charge in [0.05, 0.1) is 16.7 Å². The first-order valence-electron chi connectivity index (χ1n) is 7.59. The smallest absolute Gasteiger partial charge is 0.261 e. The fourth-order valence-electron chi connectivity index (χ4n) is 3.27. The van der Waals surface area contributed by atoms with Crippen LogP contribution in [0.1, 0.15) is 52.2 Å². The Balaban J connectivity index is 1.72. The second-order valence-corrected chi connectivity index (χ2v) is 6.22. The van der Waals surface area contributed by atoms with E-state index in [1.807, 2.05) is 0 Å². The van der Waals surface area contributed by atoms with Gasteiger partial charge in [-0.2, -0.15) is 4.98 Å². The Morgan fingerprint density at radius 2 is 1.87 bits per heavy atom. The Hall–Kier alpha value is -2.54. The molecule has 0 atom stereocenters.